The van der Waals surface area contributed by atoms with Crippen LogP contribution in [-0.2, 0) is 6.54 Å². The molecular weight excluding hydrogens is 205 g/mol. The Bertz CT molecular complexity index is 316. The summed E-state index contributed by atoms with van der Waals surface area (Å²) in [5.74, 6) is -0.388. The molecule has 0 spiro atoms. The quantitative estimate of drug-likeness (QED) is 0.832. The normalized spacial score (nSPS) is 11.4. The molecule has 0 aliphatic rings. The van der Waals surface area contributed by atoms with Crippen molar-refractivity contribution < 1.29 is 9.50 Å². The van der Waals surface area contributed by atoms with Crippen LogP contribution in [0.1, 0.15) is 32.3 Å². The summed E-state index contributed by atoms with van der Waals surface area (Å²) in [6.45, 7) is 4.96. The molecule has 0 heterocycles. The summed E-state index contributed by atoms with van der Waals surface area (Å²) in [6, 6.07) is 4.71. The standard InChI is InChI=1S/C13H20FNO/c1-4-12(5-2)15(3)9-10-6-11(14)8-13(16)7-10/h6-8,12,16H,4-5,9H2,1-3H3. The van der Waals surface area contributed by atoms with Gasteiger partial charge in [0.15, 0.2) is 0 Å². The molecule has 3 heteroatoms. The molecule has 1 rings (SSSR count). The van der Waals surface area contributed by atoms with E-state index in [2.05, 4.69) is 18.7 Å². The van der Waals surface area contributed by atoms with Gasteiger partial charge in [0.2, 0.25) is 0 Å². The number of benzene rings is 1. The Labute approximate surface area is 96.7 Å². The maximum atomic E-state index is 13.1. The fraction of sp³-hybridized carbons (Fsp3) is 0.538. The Morgan fingerprint density at radius 3 is 2.38 bits per heavy atom. The minimum absolute atomic E-state index is 0.00653. The van der Waals surface area contributed by atoms with Crippen LogP contribution in [0.15, 0.2) is 18.2 Å². The Morgan fingerprint density at radius 1 is 1.25 bits per heavy atom. The van der Waals surface area contributed by atoms with Gasteiger partial charge in [-0.05, 0) is 37.6 Å². The topological polar surface area (TPSA) is 23.5 Å². The fourth-order valence-corrected chi connectivity index (χ4v) is 2.05. The van der Waals surface area contributed by atoms with E-state index in [1.54, 1.807) is 6.07 Å². The molecule has 90 valence electrons. The van der Waals surface area contributed by atoms with Gasteiger partial charge in [-0.3, -0.25) is 4.90 Å². The van der Waals surface area contributed by atoms with Crippen molar-refractivity contribution in [1.82, 2.24) is 4.90 Å². The number of aromatic hydroxyl groups is 1. The first-order valence-electron chi connectivity index (χ1n) is 5.75. The number of rotatable bonds is 5. The average Bonchev–Trinajstić information content (AvgIpc) is 2.17. The summed E-state index contributed by atoms with van der Waals surface area (Å²) in [4.78, 5) is 2.19. The van der Waals surface area contributed by atoms with E-state index in [-0.39, 0.29) is 11.6 Å². The zero-order chi connectivity index (χ0) is 12.1. The highest BCUT2D eigenvalue weighted by molar-refractivity contribution is 5.28. The van der Waals surface area contributed by atoms with Crippen LogP contribution in [0.2, 0.25) is 0 Å². The number of hydrogen-bond acceptors (Lipinski definition) is 2. The molecule has 0 aromatic heterocycles. The molecule has 0 amide bonds. The lowest BCUT2D eigenvalue weighted by Crippen LogP contribution is -2.29. The molecule has 0 aliphatic heterocycles. The lowest BCUT2D eigenvalue weighted by atomic mass is 10.1. The van der Waals surface area contributed by atoms with E-state index >= 15 is 0 Å². The zero-order valence-electron chi connectivity index (χ0n) is 10.2. The lowest BCUT2D eigenvalue weighted by molar-refractivity contribution is 0.221. The minimum Gasteiger partial charge on any atom is -0.508 e. The van der Waals surface area contributed by atoms with Gasteiger partial charge in [0.05, 0.1) is 0 Å². The second kappa shape index (κ2) is 5.85. The van der Waals surface area contributed by atoms with Gasteiger partial charge in [0, 0.05) is 18.7 Å². The highest BCUT2D eigenvalue weighted by Crippen LogP contribution is 2.17. The molecule has 1 aromatic rings. The van der Waals surface area contributed by atoms with Gasteiger partial charge < -0.3 is 5.11 Å². The molecule has 0 saturated carbocycles. The van der Waals surface area contributed by atoms with Gasteiger partial charge in [0.1, 0.15) is 11.6 Å². The highest BCUT2D eigenvalue weighted by atomic mass is 19.1. The van der Waals surface area contributed by atoms with Crippen LogP contribution in [-0.4, -0.2) is 23.1 Å². The van der Waals surface area contributed by atoms with Gasteiger partial charge in [-0.1, -0.05) is 13.8 Å². The van der Waals surface area contributed by atoms with Crippen LogP contribution in [0, 0.1) is 5.82 Å². The monoisotopic (exact) mass is 225 g/mol. The maximum absolute atomic E-state index is 13.1. The van der Waals surface area contributed by atoms with Crippen molar-refractivity contribution in [3.05, 3.63) is 29.6 Å². The molecular formula is C13H20FNO. The number of phenolic OH excluding ortho intramolecular Hbond substituents is 1. The predicted octanol–water partition coefficient (Wildman–Crippen LogP) is 3.15. The van der Waals surface area contributed by atoms with Crippen molar-refractivity contribution in [3.63, 3.8) is 0 Å². The largest absolute Gasteiger partial charge is 0.508 e. The Kier molecular flexibility index (Phi) is 4.74. The van der Waals surface area contributed by atoms with Gasteiger partial charge >= 0.3 is 0 Å². The van der Waals surface area contributed by atoms with Crippen LogP contribution in [0.25, 0.3) is 0 Å². The van der Waals surface area contributed by atoms with Crippen molar-refractivity contribution in [1.29, 1.82) is 0 Å². The van der Waals surface area contributed by atoms with Gasteiger partial charge in [-0.2, -0.15) is 0 Å². The van der Waals surface area contributed by atoms with Crippen LogP contribution >= 0.6 is 0 Å². The molecule has 0 aliphatic carbocycles. The van der Waals surface area contributed by atoms with Gasteiger partial charge in [-0.15, -0.1) is 0 Å². The molecule has 1 aromatic carbocycles. The molecule has 0 atom stereocenters. The first-order chi connectivity index (χ1) is 7.56. The van der Waals surface area contributed by atoms with Gasteiger partial charge in [-0.25, -0.2) is 4.39 Å². The van der Waals surface area contributed by atoms with E-state index < -0.39 is 0 Å². The Hall–Kier alpha value is -1.09. The fourth-order valence-electron chi connectivity index (χ4n) is 2.05. The third kappa shape index (κ3) is 3.49. The van der Waals surface area contributed by atoms with Crippen LogP contribution in [0.5, 0.6) is 5.75 Å². The summed E-state index contributed by atoms with van der Waals surface area (Å²) in [7, 11) is 2.03. The summed E-state index contributed by atoms with van der Waals surface area (Å²) >= 11 is 0. The van der Waals surface area contributed by atoms with E-state index in [9.17, 15) is 9.50 Å². The predicted molar refractivity (Wildman–Crippen MR) is 63.9 cm³/mol. The molecule has 0 unspecified atom stereocenters. The van der Waals surface area contributed by atoms with E-state index in [0.717, 1.165) is 24.5 Å². The summed E-state index contributed by atoms with van der Waals surface area (Å²) in [6.07, 6.45) is 2.16. The summed E-state index contributed by atoms with van der Waals surface area (Å²) in [5, 5.41) is 9.30. The van der Waals surface area contributed by atoms with Gasteiger partial charge in [0.25, 0.3) is 0 Å². The van der Waals surface area contributed by atoms with E-state index in [4.69, 9.17) is 0 Å². The third-order valence-electron chi connectivity index (χ3n) is 2.94. The number of halogens is 1. The molecule has 0 fully saturated rings. The molecule has 0 bridgehead atoms. The van der Waals surface area contributed by atoms with Crippen molar-refractivity contribution in [2.45, 2.75) is 39.3 Å². The SMILES string of the molecule is CCC(CC)N(C)Cc1cc(O)cc(F)c1. The van der Waals surface area contributed by atoms with Crippen LogP contribution < -0.4 is 0 Å². The molecule has 1 N–H and O–H groups in total. The minimum atomic E-state index is -0.382. The van der Waals surface area contributed by atoms with Crippen molar-refractivity contribution >= 4 is 0 Å². The first-order valence-corrected chi connectivity index (χ1v) is 5.75. The molecule has 0 radical (unpaired) electrons. The van der Waals surface area contributed by atoms with E-state index in [1.165, 1.54) is 6.07 Å². The van der Waals surface area contributed by atoms with E-state index in [1.807, 2.05) is 7.05 Å². The number of nitrogens with zero attached hydrogens (tertiary/aromatic N) is 1. The summed E-state index contributed by atoms with van der Waals surface area (Å²) < 4.78 is 13.1. The average molecular weight is 225 g/mol. The Balaban J connectivity index is 2.72. The summed E-state index contributed by atoms with van der Waals surface area (Å²) in [5.41, 5.74) is 0.812. The van der Waals surface area contributed by atoms with Crippen molar-refractivity contribution in [2.24, 2.45) is 0 Å². The maximum Gasteiger partial charge on any atom is 0.127 e. The lowest BCUT2D eigenvalue weighted by Gasteiger charge is -2.26. The van der Waals surface area contributed by atoms with Crippen molar-refractivity contribution in [3.8, 4) is 5.75 Å². The van der Waals surface area contributed by atoms with Crippen molar-refractivity contribution in [2.75, 3.05) is 7.05 Å². The molecule has 0 saturated heterocycles. The zero-order valence-corrected chi connectivity index (χ0v) is 10.2. The third-order valence-corrected chi connectivity index (χ3v) is 2.94. The first kappa shape index (κ1) is 13.0. The van der Waals surface area contributed by atoms with Crippen LogP contribution in [0.4, 0.5) is 4.39 Å². The highest BCUT2D eigenvalue weighted by Gasteiger charge is 2.11. The second-order valence-corrected chi connectivity index (χ2v) is 4.20. The molecule has 16 heavy (non-hydrogen) atoms. The van der Waals surface area contributed by atoms with E-state index in [0.29, 0.717) is 12.6 Å². The Morgan fingerprint density at radius 2 is 1.88 bits per heavy atom. The number of phenols is 1. The second-order valence-electron chi connectivity index (χ2n) is 4.20. The van der Waals surface area contributed by atoms with Crippen LogP contribution in [0.3, 0.4) is 0 Å². The number of hydrogen-bond donors (Lipinski definition) is 1. The smallest absolute Gasteiger partial charge is 0.127 e. The molecule has 2 nitrogen and oxygen atoms in total.